The van der Waals surface area contributed by atoms with E-state index < -0.39 is 12.0 Å². The summed E-state index contributed by atoms with van der Waals surface area (Å²) in [6.07, 6.45) is 0.282. The van der Waals surface area contributed by atoms with Gasteiger partial charge in [-0.15, -0.1) is 0 Å². The van der Waals surface area contributed by atoms with Crippen molar-refractivity contribution < 1.29 is 9.90 Å². The van der Waals surface area contributed by atoms with Gasteiger partial charge in [0.25, 0.3) is 0 Å². The van der Waals surface area contributed by atoms with E-state index in [-0.39, 0.29) is 12.3 Å². The van der Waals surface area contributed by atoms with Crippen molar-refractivity contribution in [2.24, 2.45) is 5.11 Å². The maximum Gasteiger partial charge on any atom is 0.303 e. The molecule has 0 heterocycles. The van der Waals surface area contributed by atoms with Crippen molar-refractivity contribution in [3.8, 4) is 0 Å². The first-order chi connectivity index (χ1) is 11.5. The normalized spacial score (nSPS) is 12.9. The molecule has 2 unspecified atom stereocenters. The lowest BCUT2D eigenvalue weighted by molar-refractivity contribution is -0.137. The first-order valence-electron chi connectivity index (χ1n) is 7.28. The van der Waals surface area contributed by atoms with Crippen LogP contribution in [0.5, 0.6) is 0 Å². The molecule has 0 fully saturated rings. The number of azide groups is 1. The summed E-state index contributed by atoms with van der Waals surface area (Å²) >= 11 is 12.0. The van der Waals surface area contributed by atoms with Crippen LogP contribution in [0.15, 0.2) is 53.6 Å². The van der Waals surface area contributed by atoms with Crippen LogP contribution in [0, 0.1) is 0 Å². The number of aliphatic carboxylic acids is 1. The van der Waals surface area contributed by atoms with Crippen molar-refractivity contribution in [3.63, 3.8) is 0 Å². The van der Waals surface area contributed by atoms with E-state index >= 15 is 0 Å². The maximum absolute atomic E-state index is 11.0. The van der Waals surface area contributed by atoms with Gasteiger partial charge in [-0.3, -0.25) is 4.79 Å². The minimum Gasteiger partial charge on any atom is -0.481 e. The molecule has 0 aliphatic rings. The molecular weight excluding hydrogens is 349 g/mol. The van der Waals surface area contributed by atoms with Gasteiger partial charge in [0.05, 0.1) is 6.04 Å². The lowest BCUT2D eigenvalue weighted by Gasteiger charge is -2.24. The van der Waals surface area contributed by atoms with E-state index in [1.807, 2.05) is 6.07 Å². The largest absolute Gasteiger partial charge is 0.481 e. The summed E-state index contributed by atoms with van der Waals surface area (Å²) in [5.74, 6) is -1.21. The van der Waals surface area contributed by atoms with Crippen LogP contribution in [-0.2, 0) is 4.79 Å². The highest BCUT2D eigenvalue weighted by molar-refractivity contribution is 6.30. The van der Waals surface area contributed by atoms with Crippen LogP contribution in [0.4, 0.5) is 0 Å². The van der Waals surface area contributed by atoms with Gasteiger partial charge < -0.3 is 5.11 Å². The number of carboxylic acids is 1. The molecule has 0 radical (unpaired) electrons. The van der Waals surface area contributed by atoms with Gasteiger partial charge in [-0.05, 0) is 53.3 Å². The zero-order chi connectivity index (χ0) is 17.5. The second-order valence-corrected chi connectivity index (χ2v) is 6.17. The van der Waals surface area contributed by atoms with Gasteiger partial charge in [-0.1, -0.05) is 52.6 Å². The molecule has 2 aromatic carbocycles. The second-order valence-electron chi connectivity index (χ2n) is 5.30. The molecule has 5 nitrogen and oxygen atoms in total. The maximum atomic E-state index is 11.0. The van der Waals surface area contributed by atoms with Crippen LogP contribution in [0.25, 0.3) is 10.4 Å². The Morgan fingerprint density at radius 2 is 1.83 bits per heavy atom. The number of hydrogen-bond donors (Lipinski definition) is 1. The Morgan fingerprint density at radius 1 is 1.12 bits per heavy atom. The van der Waals surface area contributed by atoms with E-state index in [0.29, 0.717) is 16.5 Å². The average Bonchev–Trinajstić information content (AvgIpc) is 2.55. The smallest absolute Gasteiger partial charge is 0.303 e. The molecule has 2 atom stereocenters. The number of halogens is 2. The number of rotatable bonds is 7. The molecule has 1 N–H and O–H groups in total. The topological polar surface area (TPSA) is 86.1 Å². The minimum absolute atomic E-state index is 0.0395. The second kappa shape index (κ2) is 8.60. The first kappa shape index (κ1) is 18.1. The van der Waals surface area contributed by atoms with E-state index in [1.54, 1.807) is 42.5 Å². The third kappa shape index (κ3) is 4.90. The Kier molecular flexibility index (Phi) is 6.50. The Morgan fingerprint density at radius 3 is 2.42 bits per heavy atom. The first-order valence-corrected chi connectivity index (χ1v) is 8.04. The van der Waals surface area contributed by atoms with Gasteiger partial charge in [0.15, 0.2) is 0 Å². The monoisotopic (exact) mass is 363 g/mol. The Hall–Kier alpha value is -2.20. The van der Waals surface area contributed by atoms with Crippen molar-refractivity contribution in [2.45, 2.75) is 24.8 Å². The molecule has 0 saturated heterocycles. The summed E-state index contributed by atoms with van der Waals surface area (Å²) in [6, 6.07) is 13.6. The van der Waals surface area contributed by atoms with Crippen LogP contribution in [0.1, 0.15) is 35.9 Å². The fourth-order valence-electron chi connectivity index (χ4n) is 2.62. The van der Waals surface area contributed by atoms with Gasteiger partial charge in [0.2, 0.25) is 0 Å². The predicted molar refractivity (Wildman–Crippen MR) is 94.4 cm³/mol. The zero-order valence-corrected chi connectivity index (χ0v) is 14.2. The Labute approximate surface area is 149 Å². The Bertz CT molecular complexity index is 759. The zero-order valence-electron chi connectivity index (χ0n) is 12.6. The molecule has 2 aromatic rings. The van der Waals surface area contributed by atoms with E-state index in [9.17, 15) is 4.79 Å². The van der Waals surface area contributed by atoms with Crippen molar-refractivity contribution in [1.82, 2.24) is 0 Å². The molecule has 2 rings (SSSR count). The summed E-state index contributed by atoms with van der Waals surface area (Å²) in [4.78, 5) is 14.0. The fraction of sp³-hybridized carbons (Fsp3) is 0.235. The van der Waals surface area contributed by atoms with Gasteiger partial charge in [0, 0.05) is 21.4 Å². The van der Waals surface area contributed by atoms with E-state index in [0.717, 1.165) is 11.1 Å². The predicted octanol–water partition coefficient (Wildman–Crippen LogP) is 5.99. The summed E-state index contributed by atoms with van der Waals surface area (Å²) in [6.45, 7) is 0. The molecular formula is C17H15Cl2N3O2. The van der Waals surface area contributed by atoms with Gasteiger partial charge in [-0.2, -0.15) is 0 Å². The number of carboxylic acid groups (broad SMARTS) is 1. The summed E-state index contributed by atoms with van der Waals surface area (Å²) in [5.41, 5.74) is 10.6. The highest BCUT2D eigenvalue weighted by Gasteiger charge is 2.25. The number of benzene rings is 2. The van der Waals surface area contributed by atoms with E-state index in [1.165, 1.54) is 0 Å². The molecule has 0 aromatic heterocycles. The van der Waals surface area contributed by atoms with Crippen molar-refractivity contribution >= 4 is 29.2 Å². The molecule has 24 heavy (non-hydrogen) atoms. The molecule has 0 aliphatic carbocycles. The van der Waals surface area contributed by atoms with Crippen LogP contribution in [0.3, 0.4) is 0 Å². The molecule has 7 heteroatoms. The molecule has 124 valence electrons. The van der Waals surface area contributed by atoms with E-state index in [4.69, 9.17) is 33.8 Å². The summed E-state index contributed by atoms with van der Waals surface area (Å²) < 4.78 is 0. The minimum atomic E-state index is -0.905. The average molecular weight is 364 g/mol. The highest BCUT2D eigenvalue weighted by Crippen LogP contribution is 2.39. The molecule has 0 bridgehead atoms. The SMILES string of the molecule is [N-]=[N+]=NC(c1ccc(Cl)cc1)C(CCC(=O)O)c1cccc(Cl)c1. The third-order valence-corrected chi connectivity index (χ3v) is 4.20. The van der Waals surface area contributed by atoms with E-state index in [2.05, 4.69) is 10.0 Å². The van der Waals surface area contributed by atoms with Crippen molar-refractivity contribution in [1.29, 1.82) is 0 Å². The molecule has 0 spiro atoms. The van der Waals surface area contributed by atoms with Crippen LogP contribution in [0.2, 0.25) is 10.0 Å². The van der Waals surface area contributed by atoms with Crippen LogP contribution >= 0.6 is 23.2 Å². The quantitative estimate of drug-likeness (QED) is 0.371. The summed E-state index contributed by atoms with van der Waals surface area (Å²) in [5, 5.41) is 14.1. The standard InChI is InChI=1S/C17H15Cl2N3O2/c18-13-6-4-11(5-7-13)17(21-22-20)15(8-9-16(23)24)12-2-1-3-14(19)10-12/h1-7,10,15,17H,8-9H2,(H,23,24). The number of hydrogen-bond acceptors (Lipinski definition) is 2. The lowest BCUT2D eigenvalue weighted by Crippen LogP contribution is -2.11. The van der Waals surface area contributed by atoms with Gasteiger partial charge >= 0.3 is 5.97 Å². The van der Waals surface area contributed by atoms with Gasteiger partial charge in [-0.25, -0.2) is 0 Å². The summed E-state index contributed by atoms with van der Waals surface area (Å²) in [7, 11) is 0. The van der Waals surface area contributed by atoms with Crippen LogP contribution in [-0.4, -0.2) is 11.1 Å². The van der Waals surface area contributed by atoms with Crippen molar-refractivity contribution in [3.05, 3.63) is 80.1 Å². The number of carbonyl (C=O) groups is 1. The lowest BCUT2D eigenvalue weighted by atomic mass is 9.84. The fourth-order valence-corrected chi connectivity index (χ4v) is 2.94. The Balaban J connectivity index is 2.45. The van der Waals surface area contributed by atoms with Crippen molar-refractivity contribution in [2.75, 3.05) is 0 Å². The van der Waals surface area contributed by atoms with Crippen LogP contribution < -0.4 is 0 Å². The third-order valence-electron chi connectivity index (χ3n) is 3.71. The number of nitrogens with zero attached hydrogens (tertiary/aromatic N) is 3. The van der Waals surface area contributed by atoms with Gasteiger partial charge in [0.1, 0.15) is 0 Å². The molecule has 0 amide bonds. The molecule has 0 aliphatic heterocycles. The molecule has 0 saturated carbocycles. The highest BCUT2D eigenvalue weighted by atomic mass is 35.5.